The third kappa shape index (κ3) is 4.84. The lowest BCUT2D eigenvalue weighted by atomic mass is 10.1. The van der Waals surface area contributed by atoms with Gasteiger partial charge in [0.25, 0.3) is 0 Å². The molecule has 128 valence electrons. The number of carbonyl (C=O) groups is 1. The van der Waals surface area contributed by atoms with Crippen molar-refractivity contribution in [1.29, 1.82) is 0 Å². The number of methoxy groups -OCH3 is 1. The maximum atomic E-state index is 12.1. The molecular formula is C18H16ClN3O2S. The molecular weight excluding hydrogens is 358 g/mol. The zero-order valence-corrected chi connectivity index (χ0v) is 15.1. The van der Waals surface area contributed by atoms with E-state index in [1.54, 1.807) is 13.3 Å². The van der Waals surface area contributed by atoms with Gasteiger partial charge in [-0.25, -0.2) is 0 Å². The van der Waals surface area contributed by atoms with E-state index in [4.69, 9.17) is 16.3 Å². The number of nitrogens with one attached hydrogen (secondary N) is 1. The van der Waals surface area contributed by atoms with Crippen molar-refractivity contribution in [3.8, 4) is 5.75 Å². The number of benzene rings is 2. The van der Waals surface area contributed by atoms with Gasteiger partial charge >= 0.3 is 0 Å². The Balaban J connectivity index is 1.60. The van der Waals surface area contributed by atoms with Crippen molar-refractivity contribution in [1.82, 2.24) is 5.32 Å². The molecule has 0 bridgehead atoms. The van der Waals surface area contributed by atoms with Crippen molar-refractivity contribution in [2.24, 2.45) is 10.2 Å². The summed E-state index contributed by atoms with van der Waals surface area (Å²) in [5.41, 5.74) is 1.96. The Morgan fingerprint density at radius 1 is 1.20 bits per heavy atom. The maximum absolute atomic E-state index is 12.1. The number of carbonyl (C=O) groups excluding carboxylic acids is 1. The van der Waals surface area contributed by atoms with Crippen molar-refractivity contribution in [3.05, 3.63) is 64.7 Å². The fourth-order valence-corrected chi connectivity index (χ4v) is 3.35. The minimum atomic E-state index is -0.212. The molecule has 2 aromatic carbocycles. The molecule has 1 heterocycles. The molecule has 0 spiro atoms. The molecule has 0 aromatic heterocycles. The molecule has 25 heavy (non-hydrogen) atoms. The maximum Gasteiger partial charge on any atom is 0.239 e. The molecule has 1 fully saturated rings. The Bertz CT molecular complexity index is 804. The molecule has 3 rings (SSSR count). The monoisotopic (exact) mass is 373 g/mol. The quantitative estimate of drug-likeness (QED) is 0.644. The van der Waals surface area contributed by atoms with Gasteiger partial charge < -0.3 is 10.1 Å². The van der Waals surface area contributed by atoms with E-state index in [1.807, 2.05) is 48.5 Å². The lowest BCUT2D eigenvalue weighted by molar-refractivity contribution is -0.118. The van der Waals surface area contributed by atoms with Crippen LogP contribution in [0.3, 0.4) is 0 Å². The van der Waals surface area contributed by atoms with E-state index in [1.165, 1.54) is 11.8 Å². The van der Waals surface area contributed by atoms with Gasteiger partial charge in [0.15, 0.2) is 5.17 Å². The Labute approximate surface area is 155 Å². The fraction of sp³-hybridized carbons (Fsp3) is 0.167. The summed E-state index contributed by atoms with van der Waals surface area (Å²) in [5, 5.41) is 11.9. The van der Waals surface area contributed by atoms with Crippen LogP contribution in [0, 0.1) is 0 Å². The topological polar surface area (TPSA) is 63.1 Å². The minimum Gasteiger partial charge on any atom is -0.497 e. The van der Waals surface area contributed by atoms with Crippen molar-refractivity contribution in [2.45, 2.75) is 11.7 Å². The lowest BCUT2D eigenvalue weighted by Gasteiger charge is -2.05. The summed E-state index contributed by atoms with van der Waals surface area (Å²) in [5.74, 6) is 0.727. The summed E-state index contributed by atoms with van der Waals surface area (Å²) in [6.45, 7) is 0. The molecule has 0 saturated carbocycles. The van der Waals surface area contributed by atoms with Crippen LogP contribution < -0.4 is 10.1 Å². The largest absolute Gasteiger partial charge is 0.497 e. The number of nitrogens with zero attached hydrogens (tertiary/aromatic N) is 2. The highest BCUT2D eigenvalue weighted by molar-refractivity contribution is 8.15. The number of halogens is 1. The second kappa shape index (κ2) is 8.18. The van der Waals surface area contributed by atoms with Crippen LogP contribution in [0.4, 0.5) is 0 Å². The second-order valence-corrected chi connectivity index (χ2v) is 6.98. The highest BCUT2D eigenvalue weighted by Crippen LogP contribution is 2.24. The molecule has 0 aliphatic carbocycles. The van der Waals surface area contributed by atoms with Crippen molar-refractivity contribution >= 4 is 40.7 Å². The van der Waals surface area contributed by atoms with Gasteiger partial charge in [0.1, 0.15) is 5.75 Å². The van der Waals surface area contributed by atoms with Gasteiger partial charge in [0.2, 0.25) is 5.91 Å². The fourth-order valence-electron chi connectivity index (χ4n) is 2.26. The lowest BCUT2D eigenvalue weighted by Crippen LogP contribution is -2.25. The Morgan fingerprint density at radius 2 is 1.92 bits per heavy atom. The third-order valence-corrected chi connectivity index (χ3v) is 4.91. The Morgan fingerprint density at radius 3 is 2.60 bits per heavy atom. The molecule has 1 amide bonds. The number of hydrogen-bond acceptors (Lipinski definition) is 5. The molecule has 5 nitrogen and oxygen atoms in total. The summed E-state index contributed by atoms with van der Waals surface area (Å²) in [4.78, 5) is 12.1. The van der Waals surface area contributed by atoms with Crippen molar-refractivity contribution in [2.75, 3.05) is 7.11 Å². The first-order chi connectivity index (χ1) is 12.1. The van der Waals surface area contributed by atoms with Crippen LogP contribution in [-0.2, 0) is 11.2 Å². The SMILES string of the molecule is COc1ccc(C=N/N=C2\NC(=O)C(Cc3ccc(Cl)cc3)S2)cc1. The van der Waals surface area contributed by atoms with Crippen LogP contribution in [0.2, 0.25) is 5.02 Å². The molecule has 1 N–H and O–H groups in total. The summed E-state index contributed by atoms with van der Waals surface area (Å²) >= 11 is 7.26. The molecule has 1 atom stereocenters. The Hall–Kier alpha value is -2.31. The highest BCUT2D eigenvalue weighted by Gasteiger charge is 2.30. The van der Waals surface area contributed by atoms with E-state index in [2.05, 4.69) is 15.5 Å². The van der Waals surface area contributed by atoms with Crippen LogP contribution in [0.25, 0.3) is 0 Å². The van der Waals surface area contributed by atoms with Gasteiger partial charge in [-0.3, -0.25) is 4.79 Å². The van der Waals surface area contributed by atoms with E-state index in [0.29, 0.717) is 16.6 Å². The third-order valence-electron chi connectivity index (χ3n) is 3.58. The predicted molar refractivity (Wildman–Crippen MR) is 103 cm³/mol. The number of hydrogen-bond donors (Lipinski definition) is 1. The first-order valence-corrected chi connectivity index (χ1v) is 8.87. The number of amides is 1. The average molecular weight is 374 g/mol. The number of ether oxygens (including phenoxy) is 1. The molecule has 7 heteroatoms. The molecule has 1 unspecified atom stereocenters. The zero-order chi connectivity index (χ0) is 17.6. The van der Waals surface area contributed by atoms with Gasteiger partial charge in [0.05, 0.1) is 18.6 Å². The molecule has 0 radical (unpaired) electrons. The first-order valence-electron chi connectivity index (χ1n) is 7.61. The van der Waals surface area contributed by atoms with E-state index in [9.17, 15) is 4.79 Å². The van der Waals surface area contributed by atoms with E-state index in [-0.39, 0.29) is 11.2 Å². The van der Waals surface area contributed by atoms with Gasteiger partial charge in [-0.15, -0.1) is 5.10 Å². The van der Waals surface area contributed by atoms with Crippen LogP contribution >= 0.6 is 23.4 Å². The van der Waals surface area contributed by atoms with Crippen LogP contribution in [0.15, 0.2) is 58.7 Å². The van der Waals surface area contributed by atoms with Gasteiger partial charge in [-0.1, -0.05) is 35.5 Å². The number of rotatable bonds is 5. The average Bonchev–Trinajstić information content (AvgIpc) is 2.97. The van der Waals surface area contributed by atoms with Gasteiger partial charge in [-0.2, -0.15) is 5.10 Å². The van der Waals surface area contributed by atoms with E-state index < -0.39 is 0 Å². The molecule has 2 aromatic rings. The first kappa shape index (κ1) is 17.5. The van der Waals surface area contributed by atoms with Crippen LogP contribution in [0.5, 0.6) is 5.75 Å². The number of thioether (sulfide) groups is 1. The summed E-state index contributed by atoms with van der Waals surface area (Å²) in [7, 11) is 1.62. The minimum absolute atomic E-state index is 0.0571. The predicted octanol–water partition coefficient (Wildman–Crippen LogP) is 3.51. The molecule has 1 aliphatic rings. The van der Waals surface area contributed by atoms with E-state index >= 15 is 0 Å². The summed E-state index contributed by atoms with van der Waals surface area (Å²) in [6.07, 6.45) is 2.25. The Kier molecular flexibility index (Phi) is 5.73. The van der Waals surface area contributed by atoms with Gasteiger partial charge in [-0.05, 0) is 53.9 Å². The zero-order valence-electron chi connectivity index (χ0n) is 13.5. The van der Waals surface area contributed by atoms with Gasteiger partial charge in [0, 0.05) is 5.02 Å². The van der Waals surface area contributed by atoms with Crippen molar-refractivity contribution < 1.29 is 9.53 Å². The van der Waals surface area contributed by atoms with Crippen molar-refractivity contribution in [3.63, 3.8) is 0 Å². The highest BCUT2D eigenvalue weighted by atomic mass is 35.5. The summed E-state index contributed by atoms with van der Waals surface area (Å²) < 4.78 is 5.10. The second-order valence-electron chi connectivity index (χ2n) is 5.35. The summed E-state index contributed by atoms with van der Waals surface area (Å²) in [6, 6.07) is 15.0. The van der Waals surface area contributed by atoms with Crippen LogP contribution in [-0.4, -0.2) is 29.6 Å². The van der Waals surface area contributed by atoms with E-state index in [0.717, 1.165) is 16.9 Å². The standard InChI is InChI=1S/C18H16ClN3O2S/c1-24-15-8-4-13(5-9-15)11-20-22-18-21-17(23)16(25-18)10-12-2-6-14(19)7-3-12/h2-9,11,16H,10H2,1H3,(H,21,22,23). The molecule has 1 aliphatic heterocycles. The molecule has 1 saturated heterocycles. The van der Waals surface area contributed by atoms with Crippen LogP contribution in [0.1, 0.15) is 11.1 Å². The normalized spacial score (nSPS) is 18.7. The number of amidine groups is 1. The smallest absolute Gasteiger partial charge is 0.239 e.